The molecular formula is C32H36F5N7O2S2. The summed E-state index contributed by atoms with van der Waals surface area (Å²) in [5.74, 6) is -0.269. The third-order valence-electron chi connectivity index (χ3n) is 9.79. The van der Waals surface area contributed by atoms with Crippen molar-refractivity contribution >= 4 is 51.7 Å². The lowest BCUT2D eigenvalue weighted by Crippen LogP contribution is -2.61. The number of aliphatic hydroxyl groups is 1. The first-order valence-electron chi connectivity index (χ1n) is 15.9. The predicted octanol–water partition coefficient (Wildman–Crippen LogP) is 4.22. The molecule has 0 saturated carbocycles. The number of carbonyl (C=O) groups excluding carboxylic acids is 1. The molecule has 2 fully saturated rings. The molecule has 1 aliphatic carbocycles. The van der Waals surface area contributed by atoms with Gasteiger partial charge in [0, 0.05) is 66.6 Å². The lowest BCUT2D eigenvalue weighted by atomic mass is 9.86. The van der Waals surface area contributed by atoms with E-state index in [1.807, 2.05) is 23.6 Å². The maximum atomic E-state index is 15.2. The summed E-state index contributed by atoms with van der Waals surface area (Å²) in [5, 5.41) is 10.9. The Balaban J connectivity index is 1.40. The summed E-state index contributed by atoms with van der Waals surface area (Å²) in [6.45, 7) is 8.99. The van der Waals surface area contributed by atoms with Crippen LogP contribution in [0.5, 0.6) is 0 Å². The number of halogens is 5. The minimum absolute atomic E-state index is 0.0924. The number of thioether (sulfide) groups is 2. The molecule has 16 heteroatoms. The smallest absolute Gasteiger partial charge is 0.378 e. The van der Waals surface area contributed by atoms with Crippen molar-refractivity contribution < 1.29 is 31.9 Å². The van der Waals surface area contributed by atoms with Crippen LogP contribution in [0.15, 0.2) is 51.6 Å². The van der Waals surface area contributed by atoms with E-state index in [0.717, 1.165) is 17.8 Å². The van der Waals surface area contributed by atoms with E-state index >= 15 is 13.2 Å². The zero-order chi connectivity index (χ0) is 34.2. The van der Waals surface area contributed by atoms with Crippen LogP contribution in [0.4, 0.5) is 27.6 Å². The fraction of sp³-hybridized carbons (Fsp3) is 0.531. The topological polar surface area (TPSA) is 101 Å². The van der Waals surface area contributed by atoms with Crippen molar-refractivity contribution in [1.82, 2.24) is 14.7 Å². The molecule has 5 aliphatic heterocycles. The molecule has 9 nitrogen and oxygen atoms in total. The largest absolute Gasteiger partial charge is 0.417 e. The highest BCUT2D eigenvalue weighted by atomic mass is 32.2. The minimum Gasteiger partial charge on any atom is -0.378 e. The molecule has 0 spiro atoms. The van der Waals surface area contributed by atoms with Crippen molar-refractivity contribution in [2.24, 2.45) is 15.7 Å². The number of carbonyl (C=O) groups is 1. The quantitative estimate of drug-likeness (QED) is 0.355. The van der Waals surface area contributed by atoms with E-state index in [1.165, 1.54) is 30.0 Å². The van der Waals surface area contributed by atoms with Gasteiger partial charge in [0.05, 0.1) is 28.6 Å². The summed E-state index contributed by atoms with van der Waals surface area (Å²) < 4.78 is 74.8. The van der Waals surface area contributed by atoms with Gasteiger partial charge in [0.25, 0.3) is 0 Å². The number of rotatable bonds is 4. The Hall–Kier alpha value is -3.08. The first-order valence-corrected chi connectivity index (χ1v) is 17.7. The molecule has 1 aromatic rings. The van der Waals surface area contributed by atoms with E-state index in [9.17, 15) is 18.7 Å². The van der Waals surface area contributed by atoms with Crippen LogP contribution in [0.2, 0.25) is 0 Å². The Morgan fingerprint density at radius 2 is 1.92 bits per heavy atom. The number of amides is 1. The second kappa shape index (κ2) is 12.4. The van der Waals surface area contributed by atoms with Gasteiger partial charge in [-0.25, -0.2) is 13.8 Å². The fourth-order valence-corrected chi connectivity index (χ4v) is 10.2. The Morgan fingerprint density at radius 3 is 2.56 bits per heavy atom. The first-order chi connectivity index (χ1) is 22.8. The van der Waals surface area contributed by atoms with Gasteiger partial charge in [0.1, 0.15) is 17.8 Å². The predicted molar refractivity (Wildman–Crippen MR) is 178 cm³/mol. The molecular weight excluding hydrogens is 674 g/mol. The summed E-state index contributed by atoms with van der Waals surface area (Å²) in [7, 11) is 0. The van der Waals surface area contributed by atoms with Crippen LogP contribution in [0, 0.1) is 0 Å². The third-order valence-corrected chi connectivity index (χ3v) is 12.1. The van der Waals surface area contributed by atoms with Crippen molar-refractivity contribution in [2.75, 3.05) is 43.4 Å². The number of allylic oxidation sites excluding steroid dienone is 2. The molecule has 3 unspecified atom stereocenters. The molecule has 48 heavy (non-hydrogen) atoms. The van der Waals surface area contributed by atoms with Gasteiger partial charge in [0.15, 0.2) is 5.17 Å². The summed E-state index contributed by atoms with van der Waals surface area (Å²) >= 11 is 2.22. The molecule has 6 aliphatic rings. The van der Waals surface area contributed by atoms with Crippen LogP contribution in [0.1, 0.15) is 37.0 Å². The zero-order valence-electron chi connectivity index (χ0n) is 26.3. The number of aliphatic hydroxyl groups excluding tert-OH is 1. The van der Waals surface area contributed by atoms with Crippen LogP contribution in [0.25, 0.3) is 5.57 Å². The number of likely N-dealkylation sites (tertiary alicyclic amines) is 1. The van der Waals surface area contributed by atoms with E-state index in [2.05, 4.69) is 16.6 Å². The lowest BCUT2D eigenvalue weighted by Gasteiger charge is -2.49. The highest BCUT2D eigenvalue weighted by Crippen LogP contribution is 2.54. The van der Waals surface area contributed by atoms with Gasteiger partial charge in [-0.15, -0.1) is 11.8 Å². The van der Waals surface area contributed by atoms with Crippen LogP contribution in [0.3, 0.4) is 0 Å². The maximum absolute atomic E-state index is 15.2. The number of nitrogens with two attached hydrogens (primary N) is 1. The van der Waals surface area contributed by atoms with Crippen LogP contribution in [-0.4, -0.2) is 117 Å². The van der Waals surface area contributed by atoms with Gasteiger partial charge in [-0.2, -0.15) is 13.2 Å². The average molecular weight is 710 g/mol. The normalized spacial score (nSPS) is 31.9. The van der Waals surface area contributed by atoms with Crippen molar-refractivity contribution in [3.63, 3.8) is 0 Å². The van der Waals surface area contributed by atoms with Crippen LogP contribution < -0.4 is 10.6 Å². The number of benzene rings is 1. The Kier molecular flexibility index (Phi) is 8.60. The van der Waals surface area contributed by atoms with Gasteiger partial charge < -0.3 is 25.5 Å². The van der Waals surface area contributed by atoms with Crippen molar-refractivity contribution in [1.29, 1.82) is 0 Å². The zero-order valence-corrected chi connectivity index (χ0v) is 28.0. The standard InChI is InChI=1S/C32H36F5N7O2S2/c1-4-23(45)43-15(2)10-42(11-16(43)3)29-20-9-21(32(35,36)37)24(19-5-6-22(34)27-25(19)39-30(38)48-27)28-26(20)44(31(46)40-29)18(14-47-28)13-41-8-7-17(33)12-41/h4-6,9,15-18,25,27,31,46H,1,7-8,10-14H2,2-3H3,(H2,38,39)/t15-,16+,17-,18-,25?,27?,31?/m0/s1. The number of aliphatic imine (C=N–C) groups is 2. The number of piperazine rings is 1. The molecule has 1 amide bonds. The van der Waals surface area contributed by atoms with Gasteiger partial charge in [0.2, 0.25) is 12.3 Å². The van der Waals surface area contributed by atoms with Gasteiger partial charge in [-0.3, -0.25) is 14.7 Å². The molecule has 0 radical (unpaired) electrons. The van der Waals surface area contributed by atoms with E-state index < -0.39 is 47.4 Å². The van der Waals surface area contributed by atoms with E-state index in [-0.39, 0.29) is 65.3 Å². The molecule has 0 aromatic heterocycles. The second-order valence-corrected chi connectivity index (χ2v) is 15.2. The highest BCUT2D eigenvalue weighted by Gasteiger charge is 2.48. The van der Waals surface area contributed by atoms with Gasteiger partial charge >= 0.3 is 6.18 Å². The summed E-state index contributed by atoms with van der Waals surface area (Å²) in [4.78, 5) is 29.0. The number of amidine groups is 2. The maximum Gasteiger partial charge on any atom is 0.417 e. The lowest BCUT2D eigenvalue weighted by molar-refractivity contribution is -0.138. The number of anilines is 1. The van der Waals surface area contributed by atoms with E-state index in [1.54, 1.807) is 9.80 Å². The van der Waals surface area contributed by atoms with Crippen molar-refractivity contribution in [3.05, 3.63) is 53.4 Å². The molecule has 5 heterocycles. The number of hydrogen-bond donors (Lipinski definition) is 2. The van der Waals surface area contributed by atoms with Gasteiger partial charge in [-0.1, -0.05) is 24.4 Å². The summed E-state index contributed by atoms with van der Waals surface area (Å²) in [6, 6.07) is -0.924. The molecule has 2 saturated heterocycles. The number of nitrogens with zero attached hydrogens (tertiary/aromatic N) is 6. The molecule has 258 valence electrons. The molecule has 3 N–H and O–H groups in total. The Morgan fingerprint density at radius 1 is 1.19 bits per heavy atom. The van der Waals surface area contributed by atoms with E-state index in [0.29, 0.717) is 35.8 Å². The molecule has 7 atom stereocenters. The first kappa shape index (κ1) is 33.4. The van der Waals surface area contributed by atoms with Gasteiger partial charge in [-0.05, 0) is 44.1 Å². The van der Waals surface area contributed by atoms with Crippen molar-refractivity contribution in [3.8, 4) is 0 Å². The molecule has 7 rings (SSSR count). The average Bonchev–Trinajstić information content (AvgIpc) is 3.63. The summed E-state index contributed by atoms with van der Waals surface area (Å²) in [6.07, 6.45) is -3.07. The van der Waals surface area contributed by atoms with Crippen molar-refractivity contribution in [2.45, 2.75) is 73.3 Å². The SMILES string of the molecule is C=CC(=O)N1[C@H](C)CN(C2=NC(O)N3c4c2cc(C(F)(F)F)c(C2=CC=C(F)C5SC(N)=NC25)c4SC[C@@H]3CN2CC[C@H](F)C2)C[C@@H]1C. The Bertz CT molecular complexity index is 1650. The monoisotopic (exact) mass is 709 g/mol. The second-order valence-electron chi connectivity index (χ2n) is 13.0. The number of hydrogen-bond acceptors (Lipinski definition) is 10. The summed E-state index contributed by atoms with van der Waals surface area (Å²) in [5.41, 5.74) is 5.72. The number of fused-ring (bicyclic) bond motifs is 1. The minimum atomic E-state index is -4.82. The number of alkyl halides is 4. The highest BCUT2D eigenvalue weighted by molar-refractivity contribution is 8.14. The Labute approximate surface area is 283 Å². The molecule has 1 aromatic carbocycles. The fourth-order valence-electron chi connectivity index (χ4n) is 7.85. The van der Waals surface area contributed by atoms with E-state index in [4.69, 9.17) is 5.73 Å². The molecule has 0 bridgehead atoms. The van der Waals surface area contributed by atoms with Crippen LogP contribution >= 0.6 is 23.5 Å². The third kappa shape index (κ3) is 5.61. The van der Waals surface area contributed by atoms with Crippen LogP contribution in [-0.2, 0) is 11.0 Å².